The Morgan fingerprint density at radius 2 is 1.73 bits per heavy atom. The fourth-order valence-electron chi connectivity index (χ4n) is 2.91. The molecular formula is C25H30O5. The van der Waals surface area contributed by atoms with Crippen LogP contribution in [-0.2, 0) is 6.42 Å². The zero-order chi connectivity index (χ0) is 22.1. The number of carbonyl (C=O) groups is 1. The highest BCUT2D eigenvalue weighted by Crippen LogP contribution is 2.26. The molecule has 0 amide bonds. The molecule has 2 aromatic carbocycles. The van der Waals surface area contributed by atoms with Crippen LogP contribution in [0, 0.1) is 0 Å². The van der Waals surface area contributed by atoms with E-state index in [1.165, 1.54) is 35.4 Å². The molecular weight excluding hydrogens is 380 g/mol. The fraction of sp³-hybridized carbons (Fsp3) is 0.320. The molecule has 3 N–H and O–H groups in total. The van der Waals surface area contributed by atoms with Crippen molar-refractivity contribution in [1.82, 2.24) is 0 Å². The van der Waals surface area contributed by atoms with Gasteiger partial charge in [-0.1, -0.05) is 29.4 Å². The lowest BCUT2D eigenvalue weighted by molar-refractivity contribution is 0.0745. The van der Waals surface area contributed by atoms with Crippen LogP contribution in [0.4, 0.5) is 0 Å². The molecule has 30 heavy (non-hydrogen) atoms. The minimum Gasteiger partial charge on any atom is -0.508 e. The molecule has 0 unspecified atom stereocenters. The van der Waals surface area contributed by atoms with Crippen molar-refractivity contribution in [1.29, 1.82) is 0 Å². The van der Waals surface area contributed by atoms with Crippen LogP contribution in [-0.4, -0.2) is 33.8 Å². The van der Waals surface area contributed by atoms with Gasteiger partial charge in [0.25, 0.3) is 0 Å². The van der Waals surface area contributed by atoms with E-state index in [-0.39, 0.29) is 23.5 Å². The molecule has 160 valence electrons. The summed E-state index contributed by atoms with van der Waals surface area (Å²) in [6.45, 7) is 6.58. The minimum atomic E-state index is -1.29. The summed E-state index contributed by atoms with van der Waals surface area (Å²) in [5, 5.41) is 29.8. The van der Waals surface area contributed by atoms with Gasteiger partial charge in [0.1, 0.15) is 30.0 Å². The Kier molecular flexibility index (Phi) is 8.69. The fourth-order valence-corrected chi connectivity index (χ4v) is 2.91. The van der Waals surface area contributed by atoms with Crippen LogP contribution in [0.15, 0.2) is 65.8 Å². The first kappa shape index (κ1) is 23.2. The molecule has 0 radical (unpaired) electrons. The van der Waals surface area contributed by atoms with Crippen molar-refractivity contribution in [2.75, 3.05) is 6.61 Å². The van der Waals surface area contributed by atoms with Crippen molar-refractivity contribution in [3.8, 4) is 17.2 Å². The zero-order valence-corrected chi connectivity index (χ0v) is 17.8. The van der Waals surface area contributed by atoms with Crippen molar-refractivity contribution < 1.29 is 24.9 Å². The molecule has 5 heteroatoms. The maximum atomic E-state index is 12.5. The monoisotopic (exact) mass is 410 g/mol. The van der Waals surface area contributed by atoms with E-state index >= 15 is 0 Å². The first-order chi connectivity index (χ1) is 14.3. The Hall–Kier alpha value is -3.05. The highest BCUT2D eigenvalue weighted by molar-refractivity contribution is 6.01. The number of ketones is 1. The molecule has 1 atom stereocenters. The number of carbonyl (C=O) groups excluding carboxylic acids is 1. The lowest BCUT2D eigenvalue weighted by Gasteiger charge is -2.12. The molecule has 2 aromatic rings. The third-order valence-corrected chi connectivity index (χ3v) is 4.68. The van der Waals surface area contributed by atoms with Crippen molar-refractivity contribution in [3.63, 3.8) is 0 Å². The highest BCUT2D eigenvalue weighted by Gasteiger charge is 2.21. The van der Waals surface area contributed by atoms with Gasteiger partial charge >= 0.3 is 0 Å². The van der Waals surface area contributed by atoms with Gasteiger partial charge in [-0.25, -0.2) is 0 Å². The Morgan fingerprint density at radius 1 is 1.03 bits per heavy atom. The average molecular weight is 411 g/mol. The third kappa shape index (κ3) is 7.41. The topological polar surface area (TPSA) is 87.0 Å². The number of phenolic OH excluding ortho intramolecular Hbond substituents is 2. The molecule has 0 bridgehead atoms. The van der Waals surface area contributed by atoms with Gasteiger partial charge in [-0.15, -0.1) is 0 Å². The smallest absolute Gasteiger partial charge is 0.195 e. The number of aliphatic hydroxyl groups is 1. The molecule has 0 aromatic heterocycles. The first-order valence-corrected chi connectivity index (χ1v) is 10.0. The predicted octanol–water partition coefficient (Wildman–Crippen LogP) is 4.96. The summed E-state index contributed by atoms with van der Waals surface area (Å²) in [4.78, 5) is 12.5. The van der Waals surface area contributed by atoms with E-state index in [4.69, 9.17) is 4.74 Å². The van der Waals surface area contributed by atoms with E-state index < -0.39 is 11.9 Å². The van der Waals surface area contributed by atoms with Crippen molar-refractivity contribution in [2.45, 2.75) is 46.1 Å². The van der Waals surface area contributed by atoms with Crippen LogP contribution >= 0.6 is 0 Å². The Labute approximate surface area is 178 Å². The lowest BCUT2D eigenvalue weighted by Crippen LogP contribution is -2.23. The Bertz CT molecular complexity index is 906. The van der Waals surface area contributed by atoms with E-state index in [9.17, 15) is 20.1 Å². The quantitative estimate of drug-likeness (QED) is 0.381. The number of rotatable bonds is 10. The Balaban J connectivity index is 1.93. The zero-order valence-electron chi connectivity index (χ0n) is 17.8. The summed E-state index contributed by atoms with van der Waals surface area (Å²) in [6, 6.07) is 10.7. The van der Waals surface area contributed by atoms with Gasteiger partial charge in [-0.05, 0) is 69.5 Å². The Morgan fingerprint density at radius 3 is 2.37 bits per heavy atom. The summed E-state index contributed by atoms with van der Waals surface area (Å²) >= 11 is 0. The molecule has 0 aliphatic heterocycles. The average Bonchev–Trinajstić information content (AvgIpc) is 2.69. The largest absolute Gasteiger partial charge is 0.508 e. The minimum absolute atomic E-state index is 0.0436. The molecule has 0 heterocycles. The number of aromatic hydroxyl groups is 2. The number of hydrogen-bond donors (Lipinski definition) is 3. The number of benzene rings is 2. The van der Waals surface area contributed by atoms with Crippen LogP contribution in [0.25, 0.3) is 0 Å². The van der Waals surface area contributed by atoms with Crippen LogP contribution in [0.1, 0.15) is 49.5 Å². The van der Waals surface area contributed by atoms with Crippen molar-refractivity contribution in [2.24, 2.45) is 0 Å². The van der Waals surface area contributed by atoms with Crippen molar-refractivity contribution >= 4 is 5.78 Å². The number of hydrogen-bond acceptors (Lipinski definition) is 5. The summed E-state index contributed by atoms with van der Waals surface area (Å²) in [5.41, 5.74) is 3.28. The number of ether oxygens (including phenoxy) is 1. The van der Waals surface area contributed by atoms with Gasteiger partial charge in [0, 0.05) is 12.5 Å². The van der Waals surface area contributed by atoms with E-state index in [1.807, 2.05) is 6.08 Å². The second kappa shape index (κ2) is 11.2. The van der Waals surface area contributed by atoms with Crippen LogP contribution in [0.2, 0.25) is 0 Å². The summed E-state index contributed by atoms with van der Waals surface area (Å²) in [7, 11) is 0. The molecule has 0 saturated carbocycles. The SMILES string of the molecule is CC(C)=CCC/C(C)=C/COc1ccc(C(=O)[C@H](O)Cc2ccc(O)cc2)c(O)c1. The second-order valence-corrected chi connectivity index (χ2v) is 7.61. The first-order valence-electron chi connectivity index (χ1n) is 10.0. The number of phenols is 2. The molecule has 0 fully saturated rings. The number of aliphatic hydroxyl groups excluding tert-OH is 1. The van der Waals surface area contributed by atoms with Gasteiger partial charge < -0.3 is 20.1 Å². The van der Waals surface area contributed by atoms with Crippen LogP contribution in [0.5, 0.6) is 17.2 Å². The predicted molar refractivity (Wildman–Crippen MR) is 118 cm³/mol. The van der Waals surface area contributed by atoms with Gasteiger partial charge in [-0.3, -0.25) is 4.79 Å². The molecule has 5 nitrogen and oxygen atoms in total. The van der Waals surface area contributed by atoms with Gasteiger partial charge in [0.15, 0.2) is 5.78 Å². The molecule has 0 aliphatic rings. The van der Waals surface area contributed by atoms with E-state index in [1.54, 1.807) is 18.2 Å². The molecule has 0 spiro atoms. The summed E-state index contributed by atoms with van der Waals surface area (Å²) < 4.78 is 5.64. The van der Waals surface area contributed by atoms with Gasteiger partial charge in [0.05, 0.1) is 5.56 Å². The molecule has 0 saturated heterocycles. The van der Waals surface area contributed by atoms with Gasteiger partial charge in [-0.2, -0.15) is 0 Å². The van der Waals surface area contributed by atoms with Gasteiger partial charge in [0.2, 0.25) is 0 Å². The normalized spacial score (nSPS) is 12.3. The lowest BCUT2D eigenvalue weighted by atomic mass is 9.99. The maximum Gasteiger partial charge on any atom is 0.195 e. The highest BCUT2D eigenvalue weighted by atomic mass is 16.5. The van der Waals surface area contributed by atoms with Crippen LogP contribution < -0.4 is 4.74 Å². The maximum absolute atomic E-state index is 12.5. The van der Waals surface area contributed by atoms with E-state index in [0.717, 1.165) is 12.8 Å². The number of allylic oxidation sites excluding steroid dienone is 3. The third-order valence-electron chi connectivity index (χ3n) is 4.68. The molecule has 2 rings (SSSR count). The van der Waals surface area contributed by atoms with E-state index in [0.29, 0.717) is 17.9 Å². The van der Waals surface area contributed by atoms with Crippen molar-refractivity contribution in [3.05, 3.63) is 76.9 Å². The molecule has 0 aliphatic carbocycles. The standard InChI is InChI=1S/C25H30O5/c1-17(2)5-4-6-18(3)13-14-30-21-11-12-22(23(27)16-21)25(29)24(28)15-19-7-9-20(26)10-8-19/h5,7-13,16,24,26-28H,4,6,14-15H2,1-3H3/b18-13+/t24-/m1/s1. The summed E-state index contributed by atoms with van der Waals surface area (Å²) in [5.74, 6) is -0.232. The summed E-state index contributed by atoms with van der Waals surface area (Å²) in [6.07, 6.45) is 4.95. The number of Topliss-reactive ketones (excluding diaryl/α,β-unsaturated/α-hetero) is 1. The second-order valence-electron chi connectivity index (χ2n) is 7.61. The van der Waals surface area contributed by atoms with Crippen LogP contribution in [0.3, 0.4) is 0 Å². The van der Waals surface area contributed by atoms with E-state index in [2.05, 4.69) is 26.8 Å².